The fourth-order valence-corrected chi connectivity index (χ4v) is 10.3. The molecule has 0 N–H and O–H groups in total. The maximum Gasteiger partial charge on any atom is 0.338 e. The molecule has 6 bridgehead atoms. The Kier molecular flexibility index (Phi) is 4.08. The molecule has 2 aromatic rings. The van der Waals surface area contributed by atoms with Gasteiger partial charge in [-0.15, -0.1) is 0 Å². The Morgan fingerprint density at radius 1 is 0.730 bits per heavy atom. The normalized spacial score (nSPS) is 42.6. The summed E-state index contributed by atoms with van der Waals surface area (Å²) in [6.07, 6.45) is 6.20. The largest absolute Gasteiger partial charge is 0.496 e. The number of allylic oxidation sites excluding steroid dienone is 2. The zero-order valence-corrected chi connectivity index (χ0v) is 21.4. The Bertz CT molecular complexity index is 1330. The highest BCUT2D eigenvalue weighted by molar-refractivity contribution is 5.98. The zero-order chi connectivity index (χ0) is 25.4. The van der Waals surface area contributed by atoms with Crippen LogP contribution in [-0.4, -0.2) is 51.6 Å². The predicted molar refractivity (Wildman–Crippen MR) is 132 cm³/mol. The topological polar surface area (TPSA) is 80.3 Å². The number of esters is 2. The van der Waals surface area contributed by atoms with Crippen molar-refractivity contribution in [3.05, 3.63) is 47.5 Å². The summed E-state index contributed by atoms with van der Waals surface area (Å²) in [4.78, 5) is 27.8. The lowest BCUT2D eigenvalue weighted by molar-refractivity contribution is -0.186. The number of methoxy groups -OCH3 is 4. The van der Waals surface area contributed by atoms with E-state index >= 15 is 0 Å². The van der Waals surface area contributed by atoms with E-state index in [-0.39, 0.29) is 59.3 Å². The first-order chi connectivity index (χ1) is 18.0. The smallest absolute Gasteiger partial charge is 0.338 e. The van der Waals surface area contributed by atoms with Gasteiger partial charge >= 0.3 is 11.9 Å². The van der Waals surface area contributed by atoms with E-state index in [0.717, 1.165) is 46.2 Å². The van der Waals surface area contributed by atoms with Gasteiger partial charge in [0, 0.05) is 45.6 Å². The highest BCUT2D eigenvalue weighted by Crippen LogP contribution is 2.82. The van der Waals surface area contributed by atoms with Crippen LogP contribution >= 0.6 is 0 Å². The number of carbonyl (C=O) groups excluding carboxylic acids is 2. The molecule has 37 heavy (non-hydrogen) atoms. The molecule has 2 saturated carbocycles. The van der Waals surface area contributed by atoms with E-state index in [9.17, 15) is 9.59 Å². The van der Waals surface area contributed by atoms with Gasteiger partial charge in [0.2, 0.25) is 0 Å². The maximum absolute atomic E-state index is 13.9. The molecule has 7 nitrogen and oxygen atoms in total. The van der Waals surface area contributed by atoms with Crippen molar-refractivity contribution in [1.82, 2.24) is 0 Å². The third-order valence-corrected chi connectivity index (χ3v) is 10.9. The summed E-state index contributed by atoms with van der Waals surface area (Å²) in [6, 6.07) is 8.12. The highest BCUT2D eigenvalue weighted by Gasteiger charge is 2.89. The van der Waals surface area contributed by atoms with Gasteiger partial charge in [0.15, 0.2) is 11.2 Å². The van der Waals surface area contributed by atoms with Crippen LogP contribution in [0.15, 0.2) is 36.4 Å². The Labute approximate surface area is 215 Å². The van der Waals surface area contributed by atoms with Crippen LogP contribution in [0.1, 0.15) is 35.8 Å². The summed E-state index contributed by atoms with van der Waals surface area (Å²) in [6.45, 7) is 0. The molecule has 192 valence electrons. The van der Waals surface area contributed by atoms with Crippen molar-refractivity contribution in [1.29, 1.82) is 0 Å². The molecule has 2 aliphatic heterocycles. The average molecular weight is 503 g/mol. The van der Waals surface area contributed by atoms with Gasteiger partial charge in [0.1, 0.15) is 11.5 Å². The van der Waals surface area contributed by atoms with Gasteiger partial charge in [0.25, 0.3) is 0 Å². The molecule has 2 aromatic carbocycles. The molecule has 2 saturated heterocycles. The molecule has 10 atom stereocenters. The van der Waals surface area contributed by atoms with Crippen molar-refractivity contribution < 1.29 is 33.3 Å². The third-order valence-electron chi connectivity index (χ3n) is 10.9. The van der Waals surface area contributed by atoms with Gasteiger partial charge in [-0.1, -0.05) is 36.4 Å². The number of hydrogen-bond donors (Lipinski definition) is 0. The molecule has 0 radical (unpaired) electrons. The lowest BCUT2D eigenvalue weighted by atomic mass is 9.50. The van der Waals surface area contributed by atoms with Gasteiger partial charge in [-0.05, 0) is 36.5 Å². The van der Waals surface area contributed by atoms with Gasteiger partial charge < -0.3 is 23.7 Å². The summed E-state index contributed by atoms with van der Waals surface area (Å²) < 4.78 is 30.1. The fraction of sp³-hybridized carbons (Fsp3) is 0.533. The van der Waals surface area contributed by atoms with Crippen LogP contribution in [0.2, 0.25) is 0 Å². The summed E-state index contributed by atoms with van der Waals surface area (Å²) in [5.41, 5.74) is -0.189. The summed E-state index contributed by atoms with van der Waals surface area (Å²) >= 11 is 0. The number of hydrogen-bond acceptors (Lipinski definition) is 7. The molecule has 0 amide bonds. The monoisotopic (exact) mass is 502 g/mol. The van der Waals surface area contributed by atoms with E-state index in [1.807, 2.05) is 12.1 Å². The van der Waals surface area contributed by atoms with E-state index in [4.69, 9.17) is 23.7 Å². The van der Waals surface area contributed by atoms with Crippen molar-refractivity contribution in [3.63, 3.8) is 0 Å². The SMILES string of the molecule is COC(=O)[C@@]12O[C@@](C(=O)OC)([C@@H]3[C@H]1[C@@H]1C[C@H]3c3c1c(OC)c1ccccc1c3OC)[C@H]1[C@@H]2[C@@H]2C=C[C@H]1C2. The molecule has 4 fully saturated rings. The number of rotatable bonds is 4. The van der Waals surface area contributed by atoms with E-state index in [1.165, 1.54) is 14.2 Å². The van der Waals surface area contributed by atoms with Gasteiger partial charge in [-0.2, -0.15) is 0 Å². The molecule has 0 aromatic heterocycles. The molecular weight excluding hydrogens is 472 g/mol. The standard InChI is InChI=1S/C30H30O7/c1-33-25-15-7-5-6-8-16(15)26(34-2)20-18-12-17(19(20)25)23-24(18)30(28(32)36-4)22-14-10-9-13(11-14)21(22)29(23,37-30)27(31)35-3/h5-10,13-14,17-18,21-24H,11-12H2,1-4H3/t13-,14+,17-,18+,21+,22-,23-,24+,29+,30-. The first-order valence-electron chi connectivity index (χ1n) is 13.2. The van der Waals surface area contributed by atoms with E-state index < -0.39 is 11.2 Å². The van der Waals surface area contributed by atoms with Crippen LogP contribution in [0.3, 0.4) is 0 Å². The Morgan fingerprint density at radius 2 is 1.19 bits per heavy atom. The molecule has 6 aliphatic rings. The summed E-state index contributed by atoms with van der Waals surface area (Å²) in [7, 11) is 6.28. The summed E-state index contributed by atoms with van der Waals surface area (Å²) in [5, 5.41) is 1.98. The Morgan fingerprint density at radius 3 is 1.59 bits per heavy atom. The molecule has 2 heterocycles. The van der Waals surface area contributed by atoms with Crippen LogP contribution in [-0.2, 0) is 23.8 Å². The van der Waals surface area contributed by atoms with Gasteiger partial charge in [-0.3, -0.25) is 0 Å². The van der Waals surface area contributed by atoms with Crippen LogP contribution in [0.5, 0.6) is 11.5 Å². The first-order valence-corrected chi connectivity index (χ1v) is 13.2. The van der Waals surface area contributed by atoms with E-state index in [2.05, 4.69) is 24.3 Å². The van der Waals surface area contributed by atoms with Gasteiger partial charge in [0.05, 0.1) is 28.4 Å². The van der Waals surface area contributed by atoms with Crippen LogP contribution in [0.25, 0.3) is 10.8 Å². The molecule has 0 unspecified atom stereocenters. The number of fused-ring (bicyclic) bond motifs is 20. The second kappa shape index (κ2) is 6.87. The molecule has 4 aliphatic carbocycles. The zero-order valence-electron chi connectivity index (χ0n) is 21.4. The predicted octanol–water partition coefficient (Wildman–Crippen LogP) is 3.98. The average Bonchev–Trinajstić information content (AvgIpc) is 3.76. The minimum atomic E-state index is -1.19. The highest BCUT2D eigenvalue weighted by atomic mass is 16.6. The van der Waals surface area contributed by atoms with Crippen molar-refractivity contribution in [2.75, 3.05) is 28.4 Å². The second-order valence-electron chi connectivity index (χ2n) is 11.6. The Hall–Kier alpha value is -3.06. The van der Waals surface area contributed by atoms with Crippen molar-refractivity contribution >= 4 is 22.7 Å². The van der Waals surface area contributed by atoms with Crippen LogP contribution in [0, 0.1) is 35.5 Å². The van der Waals surface area contributed by atoms with E-state index in [0.29, 0.717) is 0 Å². The first kappa shape index (κ1) is 22.0. The fourth-order valence-electron chi connectivity index (χ4n) is 10.3. The third kappa shape index (κ3) is 2.09. The summed E-state index contributed by atoms with van der Waals surface area (Å²) in [5.74, 6) is 0.662. The van der Waals surface area contributed by atoms with Gasteiger partial charge in [-0.25, -0.2) is 9.59 Å². The van der Waals surface area contributed by atoms with Crippen LogP contribution in [0.4, 0.5) is 0 Å². The molecule has 7 heteroatoms. The van der Waals surface area contributed by atoms with Crippen molar-refractivity contribution in [3.8, 4) is 11.5 Å². The lowest BCUT2D eigenvalue weighted by Gasteiger charge is -2.48. The number of ether oxygens (including phenoxy) is 5. The second-order valence-corrected chi connectivity index (χ2v) is 11.6. The molecular formula is C30H30O7. The maximum atomic E-state index is 13.9. The number of carbonyl (C=O) groups is 2. The quantitative estimate of drug-likeness (QED) is 0.462. The molecule has 0 spiro atoms. The van der Waals surface area contributed by atoms with Crippen molar-refractivity contribution in [2.24, 2.45) is 35.5 Å². The van der Waals surface area contributed by atoms with Crippen molar-refractivity contribution in [2.45, 2.75) is 35.9 Å². The Balaban J connectivity index is 1.45. The van der Waals surface area contributed by atoms with E-state index in [1.54, 1.807) is 14.2 Å². The lowest BCUT2D eigenvalue weighted by Crippen LogP contribution is -2.60. The van der Waals surface area contributed by atoms with Crippen LogP contribution < -0.4 is 9.47 Å². The molecule has 8 rings (SSSR count). The minimum absolute atomic E-state index is 0.0202. The number of benzene rings is 2. The minimum Gasteiger partial charge on any atom is -0.496 e.